The highest BCUT2D eigenvalue weighted by atomic mass is 32.2. The third-order valence-electron chi connectivity index (χ3n) is 6.29. The van der Waals surface area contributed by atoms with Crippen molar-refractivity contribution in [3.8, 4) is 11.5 Å². The Labute approximate surface area is 233 Å². The zero-order valence-corrected chi connectivity index (χ0v) is 23.4. The maximum absolute atomic E-state index is 14.0. The quantitative estimate of drug-likeness (QED) is 0.379. The highest BCUT2D eigenvalue weighted by molar-refractivity contribution is 7.92. The Balaban J connectivity index is 1.72. The van der Waals surface area contributed by atoms with Crippen molar-refractivity contribution in [3.05, 3.63) is 89.7 Å². The van der Waals surface area contributed by atoms with Gasteiger partial charge in [0.15, 0.2) is 11.5 Å². The summed E-state index contributed by atoms with van der Waals surface area (Å²) in [6.07, 6.45) is 1.19. The molecule has 11 heteroatoms. The summed E-state index contributed by atoms with van der Waals surface area (Å²) in [6.45, 7) is 3.03. The van der Waals surface area contributed by atoms with E-state index in [4.69, 9.17) is 9.47 Å². The zero-order chi connectivity index (χ0) is 28.9. The van der Waals surface area contributed by atoms with Crippen LogP contribution in [0.2, 0.25) is 0 Å². The van der Waals surface area contributed by atoms with Gasteiger partial charge in [-0.25, -0.2) is 12.8 Å². The number of carbonyl (C=O) groups is 2. The molecule has 0 saturated heterocycles. The van der Waals surface area contributed by atoms with Crippen LogP contribution in [0.15, 0.2) is 72.8 Å². The van der Waals surface area contributed by atoms with Gasteiger partial charge >= 0.3 is 0 Å². The Morgan fingerprint density at radius 2 is 1.62 bits per heavy atom. The summed E-state index contributed by atoms with van der Waals surface area (Å²) < 4.78 is 51.1. The zero-order valence-electron chi connectivity index (χ0n) is 22.5. The van der Waals surface area contributed by atoms with Crippen LogP contribution in [0.4, 0.5) is 10.1 Å². The Morgan fingerprint density at radius 1 is 0.950 bits per heavy atom. The van der Waals surface area contributed by atoms with E-state index in [0.717, 1.165) is 16.1 Å². The second-order valence-corrected chi connectivity index (χ2v) is 11.7. The molecule has 3 aromatic rings. The minimum Gasteiger partial charge on any atom is -0.454 e. The molecular formula is C29H32FN3O6S. The van der Waals surface area contributed by atoms with Gasteiger partial charge in [-0.2, -0.15) is 0 Å². The van der Waals surface area contributed by atoms with Crippen molar-refractivity contribution in [3.63, 3.8) is 0 Å². The van der Waals surface area contributed by atoms with E-state index >= 15 is 0 Å². The average molecular weight is 570 g/mol. The number of ether oxygens (including phenoxy) is 2. The van der Waals surface area contributed by atoms with E-state index in [2.05, 4.69) is 5.32 Å². The van der Waals surface area contributed by atoms with Crippen LogP contribution in [0.3, 0.4) is 0 Å². The smallest absolute Gasteiger partial charge is 0.244 e. The summed E-state index contributed by atoms with van der Waals surface area (Å²) in [5.74, 6) is -0.601. The van der Waals surface area contributed by atoms with Gasteiger partial charge in [0, 0.05) is 25.1 Å². The normalized spacial score (nSPS) is 13.1. The predicted molar refractivity (Wildman–Crippen MR) is 149 cm³/mol. The van der Waals surface area contributed by atoms with Crippen LogP contribution in [0.25, 0.3) is 0 Å². The fourth-order valence-corrected chi connectivity index (χ4v) is 5.22. The molecule has 4 rings (SSSR count). The highest BCUT2D eigenvalue weighted by Crippen LogP contribution is 2.36. The van der Waals surface area contributed by atoms with Crippen LogP contribution in [0.5, 0.6) is 11.5 Å². The van der Waals surface area contributed by atoms with Gasteiger partial charge < -0.3 is 19.7 Å². The predicted octanol–water partition coefficient (Wildman–Crippen LogP) is 3.49. The number of hydrogen-bond acceptors (Lipinski definition) is 6. The van der Waals surface area contributed by atoms with Crippen molar-refractivity contribution in [2.75, 3.05) is 23.9 Å². The van der Waals surface area contributed by atoms with Crippen molar-refractivity contribution in [1.29, 1.82) is 0 Å². The van der Waals surface area contributed by atoms with Gasteiger partial charge in [-0.15, -0.1) is 0 Å². The van der Waals surface area contributed by atoms with Gasteiger partial charge in [0.2, 0.25) is 28.6 Å². The molecule has 0 saturated carbocycles. The fraction of sp³-hybridized carbons (Fsp3) is 0.310. The number of benzene rings is 3. The molecule has 1 N–H and O–H groups in total. The largest absolute Gasteiger partial charge is 0.454 e. The van der Waals surface area contributed by atoms with Crippen LogP contribution in [-0.2, 0) is 32.6 Å². The lowest BCUT2D eigenvalue weighted by atomic mass is 10.0. The van der Waals surface area contributed by atoms with Gasteiger partial charge in [-0.3, -0.25) is 13.9 Å². The minimum atomic E-state index is -3.93. The van der Waals surface area contributed by atoms with Gasteiger partial charge in [-0.05, 0) is 49.2 Å². The topological polar surface area (TPSA) is 105 Å². The molecule has 1 heterocycles. The standard InChI is InChI=1S/C29H32FN3O6S/c1-20(2)31-29(35)25(15-21-7-5-4-6-8-21)32(17-22-9-11-23(30)12-10-22)28(34)18-33(40(3,36)37)24-13-14-26-27(16-24)39-19-38-26/h4-14,16,20,25H,15,17-19H2,1-3H3,(H,31,35). The number of sulfonamides is 1. The number of nitrogens with one attached hydrogen (secondary N) is 1. The third kappa shape index (κ3) is 7.29. The van der Waals surface area contributed by atoms with Crippen molar-refractivity contribution in [1.82, 2.24) is 10.2 Å². The maximum Gasteiger partial charge on any atom is 0.244 e. The number of amides is 2. The molecule has 9 nitrogen and oxygen atoms in total. The molecule has 1 aliphatic heterocycles. The molecule has 0 radical (unpaired) electrons. The number of rotatable bonds is 11. The fourth-order valence-electron chi connectivity index (χ4n) is 4.38. The molecule has 1 unspecified atom stereocenters. The molecule has 1 aliphatic rings. The summed E-state index contributed by atoms with van der Waals surface area (Å²) in [4.78, 5) is 28.9. The Kier molecular flexibility index (Phi) is 8.93. The Bertz CT molecular complexity index is 1450. The number of hydrogen-bond donors (Lipinski definition) is 1. The first-order valence-electron chi connectivity index (χ1n) is 12.8. The van der Waals surface area contributed by atoms with Crippen molar-refractivity contribution in [2.24, 2.45) is 0 Å². The summed E-state index contributed by atoms with van der Waals surface area (Å²) >= 11 is 0. The molecule has 0 aliphatic carbocycles. The second-order valence-electron chi connectivity index (χ2n) is 9.82. The van der Waals surface area contributed by atoms with Gasteiger partial charge in [0.1, 0.15) is 18.4 Å². The average Bonchev–Trinajstić information content (AvgIpc) is 3.38. The van der Waals surface area contributed by atoms with Gasteiger partial charge in [0.05, 0.1) is 11.9 Å². The molecular weight excluding hydrogens is 537 g/mol. The van der Waals surface area contributed by atoms with E-state index in [0.29, 0.717) is 17.1 Å². The number of fused-ring (bicyclic) bond motifs is 1. The number of anilines is 1. The summed E-state index contributed by atoms with van der Waals surface area (Å²) in [7, 11) is -3.93. The van der Waals surface area contributed by atoms with E-state index in [1.54, 1.807) is 6.07 Å². The minimum absolute atomic E-state index is 0.00810. The summed E-state index contributed by atoms with van der Waals surface area (Å²) in [5.41, 5.74) is 1.62. The van der Waals surface area contributed by atoms with E-state index < -0.39 is 34.3 Å². The van der Waals surface area contributed by atoms with Crippen LogP contribution in [0, 0.1) is 5.82 Å². The molecule has 1 atom stereocenters. The van der Waals surface area contributed by atoms with E-state index in [1.165, 1.54) is 41.3 Å². The number of carbonyl (C=O) groups excluding carboxylic acids is 2. The molecule has 0 spiro atoms. The maximum atomic E-state index is 14.0. The Hall–Kier alpha value is -4.12. The van der Waals surface area contributed by atoms with E-state index in [1.807, 2.05) is 44.2 Å². The molecule has 0 aromatic heterocycles. The summed E-state index contributed by atoms with van der Waals surface area (Å²) in [6, 6.07) is 18.3. The van der Waals surface area contributed by atoms with Crippen molar-refractivity contribution >= 4 is 27.5 Å². The monoisotopic (exact) mass is 569 g/mol. The summed E-state index contributed by atoms with van der Waals surface area (Å²) in [5, 5.41) is 2.88. The first-order valence-corrected chi connectivity index (χ1v) is 14.6. The first-order chi connectivity index (χ1) is 19.0. The van der Waals surface area contributed by atoms with E-state index in [-0.39, 0.29) is 37.4 Å². The molecule has 40 heavy (non-hydrogen) atoms. The highest BCUT2D eigenvalue weighted by Gasteiger charge is 2.33. The SMILES string of the molecule is CC(C)NC(=O)C(Cc1ccccc1)N(Cc1ccc(F)cc1)C(=O)CN(c1ccc2c(c1)OCO2)S(C)(=O)=O. The van der Waals surface area contributed by atoms with E-state index in [9.17, 15) is 22.4 Å². The molecule has 3 aromatic carbocycles. The Morgan fingerprint density at radius 3 is 2.27 bits per heavy atom. The molecule has 0 fully saturated rings. The van der Waals surface area contributed by atoms with Crippen LogP contribution in [0.1, 0.15) is 25.0 Å². The molecule has 2 amide bonds. The number of halogens is 1. The first kappa shape index (κ1) is 28.9. The van der Waals surface area contributed by atoms with Crippen LogP contribution < -0.4 is 19.1 Å². The van der Waals surface area contributed by atoms with Crippen molar-refractivity contribution in [2.45, 2.75) is 38.9 Å². The molecule has 0 bridgehead atoms. The van der Waals surface area contributed by atoms with Crippen LogP contribution in [-0.4, -0.2) is 56.8 Å². The lowest BCUT2D eigenvalue weighted by molar-refractivity contribution is -0.140. The lowest BCUT2D eigenvalue weighted by Crippen LogP contribution is -2.54. The second kappa shape index (κ2) is 12.4. The van der Waals surface area contributed by atoms with Gasteiger partial charge in [0.25, 0.3) is 0 Å². The van der Waals surface area contributed by atoms with Crippen molar-refractivity contribution < 1.29 is 31.9 Å². The van der Waals surface area contributed by atoms with Gasteiger partial charge in [-0.1, -0.05) is 42.5 Å². The third-order valence-corrected chi connectivity index (χ3v) is 7.43. The number of nitrogens with zero attached hydrogens (tertiary/aromatic N) is 2. The lowest BCUT2D eigenvalue weighted by Gasteiger charge is -2.34. The van der Waals surface area contributed by atoms with Crippen LogP contribution >= 0.6 is 0 Å². The molecule has 212 valence electrons.